The summed E-state index contributed by atoms with van der Waals surface area (Å²) in [6.07, 6.45) is 0. The van der Waals surface area contributed by atoms with E-state index in [0.29, 0.717) is 23.7 Å². The summed E-state index contributed by atoms with van der Waals surface area (Å²) >= 11 is 0. The summed E-state index contributed by atoms with van der Waals surface area (Å²) in [6, 6.07) is 5.32. The predicted molar refractivity (Wildman–Crippen MR) is 55.8 cm³/mol. The molecule has 0 saturated heterocycles. The average molecular weight is 194 g/mol. The lowest BCUT2D eigenvalue weighted by Gasteiger charge is -2.12. The highest BCUT2D eigenvalue weighted by Crippen LogP contribution is 2.32. The largest absolute Gasteiger partial charge is 0.508 e. The topological polar surface area (TPSA) is 38.7 Å². The molecule has 0 fully saturated rings. The molecule has 0 aliphatic heterocycles. The summed E-state index contributed by atoms with van der Waals surface area (Å²) in [5.41, 5.74) is 0.511. The molecule has 0 aromatic heterocycles. The van der Waals surface area contributed by atoms with E-state index in [1.54, 1.807) is 18.2 Å². The molecule has 0 spiro atoms. The van der Waals surface area contributed by atoms with Crippen molar-refractivity contribution < 1.29 is 14.6 Å². The molecule has 76 valence electrons. The van der Waals surface area contributed by atoms with Crippen molar-refractivity contribution in [2.24, 2.45) is 0 Å². The fourth-order valence-electron chi connectivity index (χ4n) is 1.24. The van der Waals surface area contributed by atoms with Gasteiger partial charge in [-0.25, -0.2) is 0 Å². The summed E-state index contributed by atoms with van der Waals surface area (Å²) in [5, 5.41) is 9.39. The van der Waals surface area contributed by atoms with Gasteiger partial charge in [-0.1, -0.05) is 12.6 Å². The lowest BCUT2D eigenvalue weighted by Crippen LogP contribution is -1.98. The fourth-order valence-corrected chi connectivity index (χ4v) is 1.24. The zero-order chi connectivity index (χ0) is 10.6. The summed E-state index contributed by atoms with van der Waals surface area (Å²) in [4.78, 5) is 0. The summed E-state index contributed by atoms with van der Waals surface area (Å²) in [7, 11) is 1.54. The zero-order valence-electron chi connectivity index (χ0n) is 8.41. The number of methoxy groups -OCH3 is 1. The molecule has 0 amide bonds. The Labute approximate surface area is 83.6 Å². The van der Waals surface area contributed by atoms with Crippen LogP contribution in [0.2, 0.25) is 0 Å². The Morgan fingerprint density at radius 3 is 2.57 bits per heavy atom. The minimum absolute atomic E-state index is 0.0501. The molecule has 1 N–H and O–H groups in total. The Bertz CT molecular complexity index is 331. The number of benzene rings is 1. The zero-order valence-corrected chi connectivity index (χ0v) is 8.41. The second kappa shape index (κ2) is 4.56. The van der Waals surface area contributed by atoms with E-state index in [9.17, 15) is 5.11 Å². The number of hydrogen-bond acceptors (Lipinski definition) is 3. The van der Waals surface area contributed by atoms with Crippen LogP contribution in [-0.4, -0.2) is 18.8 Å². The number of aliphatic hydroxyl groups excluding tert-OH is 1. The van der Waals surface area contributed by atoms with E-state index in [0.717, 1.165) is 0 Å². The summed E-state index contributed by atoms with van der Waals surface area (Å²) in [6.45, 7) is 5.89. The Hall–Kier alpha value is -1.64. The van der Waals surface area contributed by atoms with E-state index in [4.69, 9.17) is 9.47 Å². The number of hydrogen-bond donors (Lipinski definition) is 1. The monoisotopic (exact) mass is 194 g/mol. The van der Waals surface area contributed by atoms with E-state index < -0.39 is 0 Å². The molecular weight excluding hydrogens is 180 g/mol. The number of aliphatic hydroxyl groups is 1. The van der Waals surface area contributed by atoms with Crippen LogP contribution in [0.4, 0.5) is 0 Å². The molecule has 3 nitrogen and oxygen atoms in total. The van der Waals surface area contributed by atoms with E-state index >= 15 is 0 Å². The van der Waals surface area contributed by atoms with E-state index in [-0.39, 0.29) is 5.76 Å². The maximum Gasteiger partial charge on any atom is 0.133 e. The van der Waals surface area contributed by atoms with E-state index in [2.05, 4.69) is 6.58 Å². The van der Waals surface area contributed by atoms with Crippen LogP contribution >= 0.6 is 0 Å². The minimum Gasteiger partial charge on any atom is -0.508 e. The lowest BCUT2D eigenvalue weighted by atomic mass is 10.1. The lowest BCUT2D eigenvalue weighted by molar-refractivity contribution is 0.332. The van der Waals surface area contributed by atoms with Gasteiger partial charge in [0, 0.05) is 0 Å². The second-order valence-corrected chi connectivity index (χ2v) is 2.71. The molecule has 0 heterocycles. The smallest absolute Gasteiger partial charge is 0.133 e. The summed E-state index contributed by atoms with van der Waals surface area (Å²) < 4.78 is 10.4. The first kappa shape index (κ1) is 10.4. The van der Waals surface area contributed by atoms with Gasteiger partial charge in [-0.3, -0.25) is 0 Å². The molecule has 0 atom stereocenters. The minimum atomic E-state index is -0.0501. The first-order valence-corrected chi connectivity index (χ1v) is 4.38. The molecule has 1 aromatic carbocycles. The number of ether oxygens (including phenoxy) is 2. The maximum absolute atomic E-state index is 9.39. The quantitative estimate of drug-likeness (QED) is 0.749. The van der Waals surface area contributed by atoms with Gasteiger partial charge in [0.15, 0.2) is 0 Å². The van der Waals surface area contributed by atoms with Crippen molar-refractivity contribution in [1.29, 1.82) is 0 Å². The van der Waals surface area contributed by atoms with Gasteiger partial charge in [-0.05, 0) is 19.1 Å². The normalized spacial score (nSPS) is 9.57. The van der Waals surface area contributed by atoms with E-state index in [1.165, 1.54) is 7.11 Å². The third-order valence-electron chi connectivity index (χ3n) is 1.80. The predicted octanol–water partition coefficient (Wildman–Crippen LogP) is 2.62. The molecule has 0 aliphatic carbocycles. The first-order chi connectivity index (χ1) is 6.70. The number of rotatable bonds is 4. The van der Waals surface area contributed by atoms with E-state index in [1.807, 2.05) is 6.92 Å². The van der Waals surface area contributed by atoms with Crippen molar-refractivity contribution in [3.63, 3.8) is 0 Å². The van der Waals surface area contributed by atoms with Crippen molar-refractivity contribution in [1.82, 2.24) is 0 Å². The average Bonchev–Trinajstić information content (AvgIpc) is 2.17. The molecule has 3 heteroatoms. The summed E-state index contributed by atoms with van der Waals surface area (Å²) in [5.74, 6) is 1.09. The Morgan fingerprint density at radius 2 is 2.07 bits per heavy atom. The fraction of sp³-hybridized carbons (Fsp3) is 0.273. The van der Waals surface area contributed by atoms with Gasteiger partial charge in [-0.15, -0.1) is 0 Å². The highest BCUT2D eigenvalue weighted by atomic mass is 16.5. The molecule has 0 saturated carbocycles. The van der Waals surface area contributed by atoms with Crippen LogP contribution in [0.1, 0.15) is 12.5 Å². The maximum atomic E-state index is 9.39. The first-order valence-electron chi connectivity index (χ1n) is 4.38. The van der Waals surface area contributed by atoms with Gasteiger partial charge < -0.3 is 14.6 Å². The van der Waals surface area contributed by atoms with Crippen molar-refractivity contribution in [3.8, 4) is 11.5 Å². The highest BCUT2D eigenvalue weighted by Gasteiger charge is 2.12. The third-order valence-corrected chi connectivity index (χ3v) is 1.80. The van der Waals surface area contributed by atoms with Gasteiger partial charge >= 0.3 is 0 Å². The van der Waals surface area contributed by atoms with Crippen LogP contribution in [-0.2, 0) is 0 Å². The van der Waals surface area contributed by atoms with Gasteiger partial charge in [0.2, 0.25) is 0 Å². The van der Waals surface area contributed by atoms with Gasteiger partial charge in [-0.2, -0.15) is 0 Å². The molecular formula is C11H14O3. The molecule has 1 aromatic rings. The van der Waals surface area contributed by atoms with Gasteiger partial charge in [0.05, 0.1) is 19.3 Å². The molecule has 14 heavy (non-hydrogen) atoms. The van der Waals surface area contributed by atoms with Crippen LogP contribution in [0.25, 0.3) is 5.76 Å². The Balaban J connectivity index is 3.20. The highest BCUT2D eigenvalue weighted by molar-refractivity contribution is 5.68. The molecule has 0 unspecified atom stereocenters. The van der Waals surface area contributed by atoms with Crippen molar-refractivity contribution in [2.45, 2.75) is 6.92 Å². The Kier molecular flexibility index (Phi) is 3.40. The van der Waals surface area contributed by atoms with Crippen LogP contribution in [0, 0.1) is 0 Å². The molecule has 1 rings (SSSR count). The molecule has 0 radical (unpaired) electrons. The van der Waals surface area contributed by atoms with Gasteiger partial charge in [0.25, 0.3) is 0 Å². The molecule has 0 aliphatic rings. The molecule has 0 bridgehead atoms. The van der Waals surface area contributed by atoms with Crippen LogP contribution < -0.4 is 9.47 Å². The van der Waals surface area contributed by atoms with Crippen molar-refractivity contribution >= 4 is 5.76 Å². The van der Waals surface area contributed by atoms with Gasteiger partial charge in [0.1, 0.15) is 17.3 Å². The second-order valence-electron chi connectivity index (χ2n) is 2.71. The SMILES string of the molecule is C=C(O)c1c(OC)cccc1OCC. The van der Waals surface area contributed by atoms with Crippen molar-refractivity contribution in [3.05, 3.63) is 30.3 Å². The van der Waals surface area contributed by atoms with Crippen LogP contribution in [0.15, 0.2) is 24.8 Å². The third kappa shape index (κ3) is 1.99. The van der Waals surface area contributed by atoms with Crippen LogP contribution in [0.3, 0.4) is 0 Å². The van der Waals surface area contributed by atoms with Crippen molar-refractivity contribution in [2.75, 3.05) is 13.7 Å². The standard InChI is InChI=1S/C11H14O3/c1-4-14-10-7-5-6-9(13-3)11(10)8(2)12/h5-7,12H,2,4H2,1,3H3. The Morgan fingerprint density at radius 1 is 1.43 bits per heavy atom. The van der Waals surface area contributed by atoms with Crippen LogP contribution in [0.5, 0.6) is 11.5 Å².